The van der Waals surface area contributed by atoms with Crippen LogP contribution in [0.3, 0.4) is 0 Å². The third-order valence-electron chi connectivity index (χ3n) is 4.94. The van der Waals surface area contributed by atoms with Crippen molar-refractivity contribution < 1.29 is 9.18 Å². The van der Waals surface area contributed by atoms with Crippen molar-refractivity contribution in [3.8, 4) is 0 Å². The summed E-state index contributed by atoms with van der Waals surface area (Å²) < 4.78 is 13.6. The van der Waals surface area contributed by atoms with Gasteiger partial charge in [-0.3, -0.25) is 14.6 Å². The zero-order chi connectivity index (χ0) is 18.5. The lowest BCUT2D eigenvalue weighted by Gasteiger charge is -2.34. The SMILES string of the molecule is Cc1ccc(NC(=O)CN2CCN(Cc3ccccc3C)CC2)cc1F. The van der Waals surface area contributed by atoms with Gasteiger partial charge in [-0.05, 0) is 42.7 Å². The van der Waals surface area contributed by atoms with Gasteiger partial charge in [0, 0.05) is 38.4 Å². The molecule has 0 radical (unpaired) electrons. The summed E-state index contributed by atoms with van der Waals surface area (Å²) >= 11 is 0. The fourth-order valence-electron chi connectivity index (χ4n) is 3.21. The topological polar surface area (TPSA) is 35.6 Å². The molecule has 1 fully saturated rings. The predicted molar refractivity (Wildman–Crippen MR) is 103 cm³/mol. The average molecular weight is 355 g/mol. The summed E-state index contributed by atoms with van der Waals surface area (Å²) in [5.41, 5.74) is 3.77. The van der Waals surface area contributed by atoms with Gasteiger partial charge in [0.1, 0.15) is 5.82 Å². The minimum absolute atomic E-state index is 0.0967. The molecule has 1 saturated heterocycles. The highest BCUT2D eigenvalue weighted by Gasteiger charge is 2.19. The molecule has 0 unspecified atom stereocenters. The van der Waals surface area contributed by atoms with Crippen LogP contribution in [0.25, 0.3) is 0 Å². The van der Waals surface area contributed by atoms with Crippen LogP contribution in [0.4, 0.5) is 10.1 Å². The van der Waals surface area contributed by atoms with Crippen molar-refractivity contribution in [1.82, 2.24) is 9.80 Å². The first-order valence-electron chi connectivity index (χ1n) is 9.06. The zero-order valence-corrected chi connectivity index (χ0v) is 15.5. The van der Waals surface area contributed by atoms with E-state index in [0.717, 1.165) is 32.7 Å². The smallest absolute Gasteiger partial charge is 0.238 e. The highest BCUT2D eigenvalue weighted by Crippen LogP contribution is 2.15. The summed E-state index contributed by atoms with van der Waals surface area (Å²) in [6, 6.07) is 13.2. The van der Waals surface area contributed by atoms with Gasteiger partial charge in [-0.1, -0.05) is 30.3 Å². The maximum Gasteiger partial charge on any atom is 0.238 e. The summed E-state index contributed by atoms with van der Waals surface area (Å²) in [7, 11) is 0. The number of piperazine rings is 1. The third-order valence-corrected chi connectivity index (χ3v) is 4.94. The zero-order valence-electron chi connectivity index (χ0n) is 15.5. The monoisotopic (exact) mass is 355 g/mol. The molecule has 5 heteroatoms. The Morgan fingerprint density at radius 3 is 2.38 bits per heavy atom. The number of rotatable bonds is 5. The molecule has 2 aromatic carbocycles. The van der Waals surface area contributed by atoms with E-state index in [2.05, 4.69) is 46.3 Å². The molecule has 1 aliphatic heterocycles. The quantitative estimate of drug-likeness (QED) is 0.895. The summed E-state index contributed by atoms with van der Waals surface area (Å²) in [5, 5.41) is 2.78. The van der Waals surface area contributed by atoms with E-state index in [1.54, 1.807) is 19.1 Å². The lowest BCUT2D eigenvalue weighted by atomic mass is 10.1. The lowest BCUT2D eigenvalue weighted by Crippen LogP contribution is -2.48. The normalized spacial score (nSPS) is 15.8. The number of halogens is 1. The second-order valence-corrected chi connectivity index (χ2v) is 6.99. The molecule has 1 N–H and O–H groups in total. The summed E-state index contributed by atoms with van der Waals surface area (Å²) in [6.07, 6.45) is 0. The van der Waals surface area contributed by atoms with E-state index in [-0.39, 0.29) is 11.7 Å². The molecule has 0 aromatic heterocycles. The first-order valence-corrected chi connectivity index (χ1v) is 9.06. The molecule has 2 aromatic rings. The number of benzene rings is 2. The van der Waals surface area contributed by atoms with E-state index in [9.17, 15) is 9.18 Å². The van der Waals surface area contributed by atoms with E-state index in [1.807, 2.05) is 0 Å². The minimum Gasteiger partial charge on any atom is -0.325 e. The molecule has 0 aliphatic carbocycles. The Hall–Kier alpha value is -2.24. The molecule has 4 nitrogen and oxygen atoms in total. The van der Waals surface area contributed by atoms with Crippen LogP contribution >= 0.6 is 0 Å². The maximum atomic E-state index is 13.6. The van der Waals surface area contributed by atoms with Crippen molar-refractivity contribution in [1.29, 1.82) is 0 Å². The van der Waals surface area contributed by atoms with Crippen LogP contribution in [0.1, 0.15) is 16.7 Å². The van der Waals surface area contributed by atoms with Crippen molar-refractivity contribution >= 4 is 11.6 Å². The number of carbonyl (C=O) groups excluding carboxylic acids is 1. The van der Waals surface area contributed by atoms with Crippen LogP contribution in [-0.4, -0.2) is 48.4 Å². The summed E-state index contributed by atoms with van der Waals surface area (Å²) in [6.45, 7) is 8.76. The van der Waals surface area contributed by atoms with E-state index in [0.29, 0.717) is 17.8 Å². The summed E-state index contributed by atoms with van der Waals surface area (Å²) in [4.78, 5) is 16.8. The van der Waals surface area contributed by atoms with E-state index >= 15 is 0 Å². The van der Waals surface area contributed by atoms with Gasteiger partial charge in [0.25, 0.3) is 0 Å². The highest BCUT2D eigenvalue weighted by molar-refractivity contribution is 5.92. The first-order chi connectivity index (χ1) is 12.5. The number of anilines is 1. The fourth-order valence-corrected chi connectivity index (χ4v) is 3.21. The Morgan fingerprint density at radius 1 is 1.00 bits per heavy atom. The molecule has 138 valence electrons. The average Bonchev–Trinajstić information content (AvgIpc) is 2.62. The fraction of sp³-hybridized carbons (Fsp3) is 0.381. The van der Waals surface area contributed by atoms with Crippen molar-refractivity contribution in [3.63, 3.8) is 0 Å². The molecular formula is C21H26FN3O. The van der Waals surface area contributed by atoms with E-state index in [1.165, 1.54) is 17.2 Å². The van der Waals surface area contributed by atoms with Gasteiger partial charge in [0.05, 0.1) is 6.54 Å². The first kappa shape index (κ1) is 18.5. The molecule has 0 atom stereocenters. The van der Waals surface area contributed by atoms with E-state index < -0.39 is 0 Å². The largest absolute Gasteiger partial charge is 0.325 e. The Bertz CT molecular complexity index is 770. The number of nitrogens with one attached hydrogen (secondary N) is 1. The number of amides is 1. The van der Waals surface area contributed by atoms with Gasteiger partial charge < -0.3 is 5.32 Å². The standard InChI is InChI=1S/C21H26FN3O/c1-16-5-3-4-6-18(16)14-24-9-11-25(12-10-24)15-21(26)23-19-8-7-17(2)20(22)13-19/h3-8,13H,9-12,14-15H2,1-2H3,(H,23,26). The van der Waals surface area contributed by atoms with Crippen molar-refractivity contribution in [2.75, 3.05) is 38.0 Å². The van der Waals surface area contributed by atoms with Gasteiger partial charge >= 0.3 is 0 Å². The molecule has 1 amide bonds. The second kappa shape index (κ2) is 8.43. The molecule has 1 aliphatic rings. The lowest BCUT2D eigenvalue weighted by molar-refractivity contribution is -0.117. The molecule has 0 saturated carbocycles. The third kappa shape index (κ3) is 4.90. The number of nitrogens with zero attached hydrogens (tertiary/aromatic N) is 2. The van der Waals surface area contributed by atoms with Gasteiger partial charge in [0.15, 0.2) is 0 Å². The molecule has 0 spiro atoms. The van der Waals surface area contributed by atoms with Gasteiger partial charge in [0.2, 0.25) is 5.91 Å². The molecule has 26 heavy (non-hydrogen) atoms. The molecule has 0 bridgehead atoms. The number of hydrogen-bond acceptors (Lipinski definition) is 3. The van der Waals surface area contributed by atoms with Crippen LogP contribution in [-0.2, 0) is 11.3 Å². The Balaban J connectivity index is 1.45. The van der Waals surface area contributed by atoms with Crippen LogP contribution in [0, 0.1) is 19.7 Å². The van der Waals surface area contributed by atoms with Crippen molar-refractivity contribution in [2.24, 2.45) is 0 Å². The maximum absolute atomic E-state index is 13.6. The van der Waals surface area contributed by atoms with Crippen LogP contribution < -0.4 is 5.32 Å². The molecular weight excluding hydrogens is 329 g/mol. The van der Waals surface area contributed by atoms with Crippen LogP contribution in [0.5, 0.6) is 0 Å². The number of carbonyl (C=O) groups is 1. The second-order valence-electron chi connectivity index (χ2n) is 6.99. The highest BCUT2D eigenvalue weighted by atomic mass is 19.1. The molecule has 1 heterocycles. The van der Waals surface area contributed by atoms with Gasteiger partial charge in [-0.15, -0.1) is 0 Å². The predicted octanol–water partition coefficient (Wildman–Crippen LogP) is 3.20. The van der Waals surface area contributed by atoms with Crippen molar-refractivity contribution in [3.05, 3.63) is 65.0 Å². The van der Waals surface area contributed by atoms with Gasteiger partial charge in [-0.2, -0.15) is 0 Å². The summed E-state index contributed by atoms with van der Waals surface area (Å²) in [5.74, 6) is -0.395. The number of aryl methyl sites for hydroxylation is 2. The number of hydrogen-bond donors (Lipinski definition) is 1. The van der Waals surface area contributed by atoms with Crippen LogP contribution in [0.2, 0.25) is 0 Å². The molecule has 3 rings (SSSR count). The Morgan fingerprint density at radius 2 is 1.69 bits per heavy atom. The van der Waals surface area contributed by atoms with Crippen LogP contribution in [0.15, 0.2) is 42.5 Å². The minimum atomic E-state index is -0.299. The van der Waals surface area contributed by atoms with E-state index in [4.69, 9.17) is 0 Å². The Kier molecular flexibility index (Phi) is 6.01. The Labute approximate surface area is 154 Å². The van der Waals surface area contributed by atoms with Crippen molar-refractivity contribution in [2.45, 2.75) is 20.4 Å². The van der Waals surface area contributed by atoms with Gasteiger partial charge in [-0.25, -0.2) is 4.39 Å².